The topological polar surface area (TPSA) is 71.3 Å². The highest BCUT2D eigenvalue weighted by molar-refractivity contribution is 7.90. The highest BCUT2D eigenvalue weighted by atomic mass is 32.2. The van der Waals surface area contributed by atoms with E-state index >= 15 is 4.39 Å². The summed E-state index contributed by atoms with van der Waals surface area (Å²) < 4.78 is 44.6. The molecular weight excluding hydrogens is 565 g/mol. The summed E-state index contributed by atoms with van der Waals surface area (Å²) in [6.07, 6.45) is 2.35. The quantitative estimate of drug-likeness (QED) is 0.206. The smallest absolute Gasteiger partial charge is 0.187 e. The van der Waals surface area contributed by atoms with Crippen molar-refractivity contribution in [1.82, 2.24) is 9.80 Å². The van der Waals surface area contributed by atoms with Crippen molar-refractivity contribution in [3.05, 3.63) is 101 Å². The summed E-state index contributed by atoms with van der Waals surface area (Å²) in [4.78, 5) is 21.3. The number of ketones is 1. The van der Waals surface area contributed by atoms with Crippen LogP contribution in [-0.4, -0.2) is 68.7 Å². The van der Waals surface area contributed by atoms with Crippen LogP contribution in [0.5, 0.6) is 5.75 Å². The van der Waals surface area contributed by atoms with E-state index in [0.29, 0.717) is 48.8 Å². The summed E-state index contributed by atoms with van der Waals surface area (Å²) in [6.45, 7) is 11.2. The Labute approximate surface area is 254 Å². The SMILES string of the molecule is [C-]#[N+]c1ccc(CN2CCC(CC(=O)c3cccc(O[C@@H]4CCN(Cc5ccc(S(C)(=O)=O)cc5)C[C@H]4F)c3)CC2)cc1. The zero-order chi connectivity index (χ0) is 30.4. The minimum Gasteiger partial charge on any atom is -0.487 e. The number of halogens is 1. The van der Waals surface area contributed by atoms with E-state index in [2.05, 4.69) is 9.74 Å². The first-order valence-electron chi connectivity index (χ1n) is 14.8. The van der Waals surface area contributed by atoms with Crippen molar-refractivity contribution >= 4 is 21.3 Å². The first-order chi connectivity index (χ1) is 20.7. The third-order valence-corrected chi connectivity index (χ3v) is 9.55. The Balaban J connectivity index is 1.07. The lowest BCUT2D eigenvalue weighted by Crippen LogP contribution is -2.46. The van der Waals surface area contributed by atoms with E-state index in [1.807, 2.05) is 35.2 Å². The monoisotopic (exact) mass is 603 g/mol. The second-order valence-corrected chi connectivity index (χ2v) is 13.8. The summed E-state index contributed by atoms with van der Waals surface area (Å²) >= 11 is 0. The van der Waals surface area contributed by atoms with Gasteiger partial charge in [-0.3, -0.25) is 14.6 Å². The Morgan fingerprint density at radius 1 is 0.930 bits per heavy atom. The van der Waals surface area contributed by atoms with Gasteiger partial charge in [-0.25, -0.2) is 17.7 Å². The van der Waals surface area contributed by atoms with E-state index in [4.69, 9.17) is 11.3 Å². The van der Waals surface area contributed by atoms with Gasteiger partial charge in [0.15, 0.2) is 21.3 Å². The van der Waals surface area contributed by atoms with Gasteiger partial charge in [-0.2, -0.15) is 0 Å². The van der Waals surface area contributed by atoms with Gasteiger partial charge in [-0.15, -0.1) is 0 Å². The normalized spacial score (nSPS) is 20.4. The van der Waals surface area contributed by atoms with Gasteiger partial charge in [0.2, 0.25) is 0 Å². The number of Topliss-reactive ketones (excluding diaryl/α,β-unsaturated/α-hetero) is 1. The second-order valence-electron chi connectivity index (χ2n) is 11.8. The third-order valence-electron chi connectivity index (χ3n) is 8.42. The molecule has 2 saturated heterocycles. The van der Waals surface area contributed by atoms with Crippen LogP contribution in [0.15, 0.2) is 77.7 Å². The molecule has 2 aliphatic heterocycles. The maximum Gasteiger partial charge on any atom is 0.187 e. The van der Waals surface area contributed by atoms with Gasteiger partial charge >= 0.3 is 0 Å². The lowest BCUT2D eigenvalue weighted by molar-refractivity contribution is 0.0190. The van der Waals surface area contributed by atoms with Crippen molar-refractivity contribution in [1.29, 1.82) is 0 Å². The number of alkyl halides is 1. The van der Waals surface area contributed by atoms with E-state index in [1.54, 1.807) is 42.5 Å². The predicted octanol–water partition coefficient (Wildman–Crippen LogP) is 6.12. The lowest BCUT2D eigenvalue weighted by atomic mass is 9.89. The highest BCUT2D eigenvalue weighted by Gasteiger charge is 2.31. The van der Waals surface area contributed by atoms with Gasteiger partial charge in [0.25, 0.3) is 0 Å². The number of hydrogen-bond donors (Lipinski definition) is 0. The van der Waals surface area contributed by atoms with E-state index in [-0.39, 0.29) is 17.2 Å². The number of ether oxygens (including phenoxy) is 1. The fraction of sp³-hybridized carbons (Fsp3) is 0.412. The van der Waals surface area contributed by atoms with E-state index in [9.17, 15) is 13.2 Å². The van der Waals surface area contributed by atoms with Crippen LogP contribution < -0.4 is 4.74 Å². The van der Waals surface area contributed by atoms with Gasteiger partial charge in [0.05, 0.1) is 11.5 Å². The van der Waals surface area contributed by atoms with Crippen LogP contribution in [0.3, 0.4) is 0 Å². The summed E-state index contributed by atoms with van der Waals surface area (Å²) in [5.74, 6) is 0.939. The van der Waals surface area contributed by atoms with E-state index in [0.717, 1.165) is 38.0 Å². The van der Waals surface area contributed by atoms with Crippen molar-refractivity contribution < 1.29 is 22.3 Å². The molecule has 0 radical (unpaired) electrons. The van der Waals surface area contributed by atoms with Gasteiger partial charge in [0.1, 0.15) is 18.0 Å². The highest BCUT2D eigenvalue weighted by Crippen LogP contribution is 2.27. The molecule has 0 unspecified atom stereocenters. The van der Waals surface area contributed by atoms with Crippen LogP contribution in [0.4, 0.5) is 10.1 Å². The summed E-state index contributed by atoms with van der Waals surface area (Å²) in [6, 6.07) is 21.6. The number of piperidine rings is 2. The average molecular weight is 604 g/mol. The molecule has 43 heavy (non-hydrogen) atoms. The molecule has 226 valence electrons. The van der Waals surface area contributed by atoms with Crippen LogP contribution in [-0.2, 0) is 22.9 Å². The first-order valence-corrected chi connectivity index (χ1v) is 16.7. The molecule has 9 heteroatoms. The molecule has 0 saturated carbocycles. The predicted molar refractivity (Wildman–Crippen MR) is 165 cm³/mol. The maximum atomic E-state index is 15.1. The molecule has 0 bridgehead atoms. The number of benzene rings is 3. The van der Waals surface area contributed by atoms with E-state index in [1.165, 1.54) is 11.8 Å². The fourth-order valence-electron chi connectivity index (χ4n) is 5.90. The summed E-state index contributed by atoms with van der Waals surface area (Å²) in [5.41, 5.74) is 3.38. The van der Waals surface area contributed by atoms with Crippen molar-refractivity contribution in [3.63, 3.8) is 0 Å². The molecule has 0 aromatic heterocycles. The number of rotatable bonds is 10. The molecular formula is C34H38FN3O4S. The van der Waals surface area contributed by atoms with Gasteiger partial charge < -0.3 is 4.74 Å². The Morgan fingerprint density at radius 2 is 1.56 bits per heavy atom. The van der Waals surface area contributed by atoms with Gasteiger partial charge in [-0.05, 0) is 73.7 Å². The zero-order valence-electron chi connectivity index (χ0n) is 24.5. The molecule has 7 nitrogen and oxygen atoms in total. The number of likely N-dealkylation sites (tertiary alicyclic amines) is 2. The lowest BCUT2D eigenvalue weighted by Gasteiger charge is -2.34. The maximum absolute atomic E-state index is 15.1. The molecule has 0 aliphatic carbocycles. The van der Waals surface area contributed by atoms with Gasteiger partial charge in [-0.1, -0.05) is 48.5 Å². The van der Waals surface area contributed by atoms with Gasteiger partial charge in [0, 0.05) is 44.4 Å². The molecule has 3 aromatic rings. The zero-order valence-corrected chi connectivity index (χ0v) is 25.3. The molecule has 0 N–H and O–H groups in total. The average Bonchev–Trinajstić information content (AvgIpc) is 3.00. The van der Waals surface area contributed by atoms with Crippen LogP contribution in [0, 0.1) is 12.5 Å². The molecule has 0 amide bonds. The van der Waals surface area contributed by atoms with Crippen LogP contribution in [0.25, 0.3) is 4.85 Å². The third kappa shape index (κ3) is 8.50. The molecule has 5 rings (SSSR count). The number of carbonyl (C=O) groups excluding carboxylic acids is 1. The largest absolute Gasteiger partial charge is 0.487 e. The Morgan fingerprint density at radius 3 is 2.19 bits per heavy atom. The van der Waals surface area contributed by atoms with Crippen LogP contribution in [0.2, 0.25) is 0 Å². The summed E-state index contributed by atoms with van der Waals surface area (Å²) in [5, 5.41) is 0. The number of carbonyl (C=O) groups is 1. The fourth-order valence-corrected chi connectivity index (χ4v) is 6.53. The Bertz CT molecular complexity index is 1550. The molecule has 0 spiro atoms. The number of nitrogens with zero attached hydrogens (tertiary/aromatic N) is 3. The molecule has 3 aromatic carbocycles. The standard InChI is InChI=1S/C34H38FN3O4S/c1-36-29-10-6-26(7-11-29)22-37-17-14-25(15-18-37)20-33(39)28-4-3-5-30(21-28)42-34-16-19-38(24-32(34)35)23-27-8-12-31(13-9-27)43(2,40)41/h3-13,21,25,32,34H,14-20,22-24H2,2H3/t32-,34-/m1/s1. The van der Waals surface area contributed by atoms with Crippen LogP contribution >= 0.6 is 0 Å². The van der Waals surface area contributed by atoms with Crippen molar-refractivity contribution in [2.24, 2.45) is 5.92 Å². The Kier molecular flexibility index (Phi) is 9.91. The van der Waals surface area contributed by atoms with E-state index < -0.39 is 22.1 Å². The first kappa shape index (κ1) is 30.9. The summed E-state index contributed by atoms with van der Waals surface area (Å²) in [7, 11) is -3.25. The van der Waals surface area contributed by atoms with Crippen molar-refractivity contribution in [3.8, 4) is 5.75 Å². The molecule has 2 atom stereocenters. The molecule has 2 fully saturated rings. The minimum absolute atomic E-state index is 0.0899. The number of hydrogen-bond acceptors (Lipinski definition) is 6. The van der Waals surface area contributed by atoms with Crippen molar-refractivity contribution in [2.45, 2.75) is 55.9 Å². The minimum atomic E-state index is -3.25. The molecule has 2 heterocycles. The second kappa shape index (κ2) is 13.8. The van der Waals surface area contributed by atoms with Crippen LogP contribution in [0.1, 0.15) is 47.2 Å². The Hall–Kier alpha value is -3.58. The number of sulfone groups is 1. The molecule has 2 aliphatic rings. The van der Waals surface area contributed by atoms with Crippen molar-refractivity contribution in [2.75, 3.05) is 32.4 Å².